The Morgan fingerprint density at radius 3 is 2.54 bits per heavy atom. The number of rotatable bonds is 4. The molecule has 0 radical (unpaired) electrons. The zero-order valence-electron chi connectivity index (χ0n) is 15.7. The highest BCUT2D eigenvalue weighted by atomic mass is 35.5. The van der Waals surface area contributed by atoms with Crippen molar-refractivity contribution in [2.24, 2.45) is 0 Å². The van der Waals surface area contributed by atoms with Crippen molar-refractivity contribution < 1.29 is 9.59 Å². The van der Waals surface area contributed by atoms with Crippen LogP contribution in [0.25, 0.3) is 0 Å². The molecule has 144 valence electrons. The summed E-state index contributed by atoms with van der Waals surface area (Å²) in [5, 5.41) is 3.61. The number of carbonyl (C=O) groups is 2. The number of likely N-dealkylation sites (N-methyl/N-ethyl adjacent to an activating group) is 1. The molecule has 5 nitrogen and oxygen atoms in total. The smallest absolute Gasteiger partial charge is 0.317 e. The van der Waals surface area contributed by atoms with E-state index < -0.39 is 0 Å². The van der Waals surface area contributed by atoms with Crippen LogP contribution in [0.15, 0.2) is 18.2 Å². The van der Waals surface area contributed by atoms with Gasteiger partial charge in [-0.05, 0) is 45.4 Å². The number of halogens is 2. The summed E-state index contributed by atoms with van der Waals surface area (Å²) in [7, 11) is 1.73. The predicted molar refractivity (Wildman–Crippen MR) is 109 cm³/mol. The first kappa shape index (κ1) is 21.2. The maximum atomic E-state index is 12.6. The summed E-state index contributed by atoms with van der Waals surface area (Å²) in [6.07, 6.45) is 0. The van der Waals surface area contributed by atoms with Gasteiger partial charge in [0.25, 0.3) is 0 Å². The number of amides is 3. The Hall–Kier alpha value is -1.11. The highest BCUT2D eigenvalue weighted by Gasteiger charge is 2.38. The van der Waals surface area contributed by atoms with Crippen LogP contribution in [0, 0.1) is 0 Å². The molecule has 0 spiro atoms. The summed E-state index contributed by atoms with van der Waals surface area (Å²) < 4.78 is 0. The molecule has 0 aliphatic carbocycles. The van der Waals surface area contributed by atoms with Crippen molar-refractivity contribution >= 4 is 46.9 Å². The average molecular weight is 418 g/mol. The molecule has 1 aromatic rings. The van der Waals surface area contributed by atoms with Crippen molar-refractivity contribution in [1.29, 1.82) is 0 Å². The molecular formula is C18H25Cl2N3O2S. The van der Waals surface area contributed by atoms with Gasteiger partial charge in [-0.15, -0.1) is 11.8 Å². The van der Waals surface area contributed by atoms with Crippen LogP contribution in [0.5, 0.6) is 0 Å². The third-order valence-electron chi connectivity index (χ3n) is 3.98. The van der Waals surface area contributed by atoms with E-state index in [0.29, 0.717) is 23.1 Å². The molecule has 2 rings (SSSR count). The largest absolute Gasteiger partial charge is 0.333 e. The van der Waals surface area contributed by atoms with E-state index in [0.717, 1.165) is 5.56 Å². The van der Waals surface area contributed by atoms with Crippen molar-refractivity contribution in [1.82, 2.24) is 15.1 Å². The summed E-state index contributed by atoms with van der Waals surface area (Å²) in [6, 6.07) is 5.28. The lowest BCUT2D eigenvalue weighted by Gasteiger charge is -2.29. The molecule has 1 aromatic carbocycles. The van der Waals surface area contributed by atoms with Gasteiger partial charge in [-0.2, -0.15) is 0 Å². The van der Waals surface area contributed by atoms with Gasteiger partial charge >= 0.3 is 6.03 Å². The maximum absolute atomic E-state index is 12.6. The Morgan fingerprint density at radius 2 is 1.96 bits per heavy atom. The predicted octanol–water partition coefficient (Wildman–Crippen LogP) is 4.40. The molecule has 0 unspecified atom stereocenters. The Balaban J connectivity index is 2.08. The number of nitrogens with one attached hydrogen (secondary N) is 1. The van der Waals surface area contributed by atoms with Gasteiger partial charge in [0.15, 0.2) is 0 Å². The second-order valence-electron chi connectivity index (χ2n) is 7.44. The van der Waals surface area contributed by atoms with Gasteiger partial charge < -0.3 is 15.1 Å². The lowest BCUT2D eigenvalue weighted by Crippen LogP contribution is -2.49. The molecule has 0 bridgehead atoms. The van der Waals surface area contributed by atoms with Gasteiger partial charge in [0.05, 0.1) is 15.3 Å². The SMILES string of the molecule is C[C@H]1S[C@@H](c2ccc(Cl)c(Cl)c2)N(CCN(C)C(=O)NC(C)(C)C)C1=O. The minimum atomic E-state index is -0.304. The van der Waals surface area contributed by atoms with Crippen molar-refractivity contribution in [3.05, 3.63) is 33.8 Å². The minimum Gasteiger partial charge on any atom is -0.333 e. The van der Waals surface area contributed by atoms with Crippen molar-refractivity contribution in [3.8, 4) is 0 Å². The minimum absolute atomic E-state index is 0.0655. The standard InChI is InChI=1S/C18H25Cl2N3O2S/c1-11-15(24)23(9-8-22(5)17(25)21-18(2,3)4)16(26-11)12-6-7-13(19)14(20)10-12/h6-7,10-11,16H,8-9H2,1-5H3,(H,21,25)/t11-,16+/m1/s1. The molecule has 1 aliphatic heterocycles. The molecule has 1 fully saturated rings. The normalized spacial score (nSPS) is 20.4. The number of thioether (sulfide) groups is 1. The third-order valence-corrected chi connectivity index (χ3v) is 6.11. The third kappa shape index (κ3) is 5.21. The number of urea groups is 1. The van der Waals surface area contributed by atoms with E-state index in [1.54, 1.807) is 40.7 Å². The molecule has 3 amide bonds. The molecule has 8 heteroatoms. The molecule has 1 N–H and O–H groups in total. The molecule has 0 saturated carbocycles. The van der Waals surface area contributed by atoms with Crippen LogP contribution in [-0.4, -0.2) is 52.7 Å². The fraction of sp³-hybridized carbons (Fsp3) is 0.556. The maximum Gasteiger partial charge on any atom is 0.317 e. The van der Waals surface area contributed by atoms with E-state index in [-0.39, 0.29) is 28.1 Å². The second kappa shape index (κ2) is 8.28. The summed E-state index contributed by atoms with van der Waals surface area (Å²) in [5.74, 6) is 0.0655. The van der Waals surface area contributed by atoms with Gasteiger partial charge in [0.2, 0.25) is 5.91 Å². The number of hydrogen-bond donors (Lipinski definition) is 1. The average Bonchev–Trinajstić information content (AvgIpc) is 2.81. The van der Waals surface area contributed by atoms with E-state index in [1.165, 1.54) is 0 Å². The number of benzene rings is 1. The quantitative estimate of drug-likeness (QED) is 0.789. The zero-order valence-corrected chi connectivity index (χ0v) is 18.0. The zero-order chi connectivity index (χ0) is 19.6. The lowest BCUT2D eigenvalue weighted by atomic mass is 10.1. The van der Waals surface area contributed by atoms with Crippen LogP contribution < -0.4 is 5.32 Å². The Kier molecular flexibility index (Phi) is 6.75. The van der Waals surface area contributed by atoms with Crippen LogP contribution in [0.4, 0.5) is 4.79 Å². The number of hydrogen-bond acceptors (Lipinski definition) is 3. The first-order valence-corrected chi connectivity index (χ1v) is 10.1. The van der Waals surface area contributed by atoms with Crippen LogP contribution in [0.3, 0.4) is 0 Å². The van der Waals surface area contributed by atoms with Crippen LogP contribution >= 0.6 is 35.0 Å². The first-order chi connectivity index (χ1) is 12.0. The summed E-state index contributed by atoms with van der Waals surface area (Å²) >= 11 is 13.7. The molecule has 1 saturated heterocycles. The molecular weight excluding hydrogens is 393 g/mol. The van der Waals surface area contributed by atoms with Crippen molar-refractivity contribution in [2.75, 3.05) is 20.1 Å². The van der Waals surface area contributed by atoms with Crippen LogP contribution in [0.2, 0.25) is 10.0 Å². The fourth-order valence-electron chi connectivity index (χ4n) is 2.60. The highest BCUT2D eigenvalue weighted by Crippen LogP contribution is 2.43. The molecule has 0 aromatic heterocycles. The molecule has 1 heterocycles. The van der Waals surface area contributed by atoms with Gasteiger partial charge in [-0.3, -0.25) is 4.79 Å². The van der Waals surface area contributed by atoms with E-state index in [9.17, 15) is 9.59 Å². The molecule has 2 atom stereocenters. The van der Waals surface area contributed by atoms with Crippen molar-refractivity contribution in [2.45, 2.75) is 43.9 Å². The Morgan fingerprint density at radius 1 is 1.31 bits per heavy atom. The topological polar surface area (TPSA) is 52.6 Å². The van der Waals surface area contributed by atoms with Gasteiger partial charge in [0.1, 0.15) is 5.37 Å². The fourth-order valence-corrected chi connectivity index (χ4v) is 4.21. The lowest BCUT2D eigenvalue weighted by molar-refractivity contribution is -0.129. The highest BCUT2D eigenvalue weighted by molar-refractivity contribution is 8.01. The Labute approximate surface area is 169 Å². The van der Waals surface area contributed by atoms with Gasteiger partial charge in [-0.1, -0.05) is 29.3 Å². The van der Waals surface area contributed by atoms with E-state index in [4.69, 9.17) is 23.2 Å². The monoisotopic (exact) mass is 417 g/mol. The Bertz CT molecular complexity index is 694. The molecule has 1 aliphatic rings. The molecule has 26 heavy (non-hydrogen) atoms. The van der Waals surface area contributed by atoms with Gasteiger partial charge in [-0.25, -0.2) is 4.79 Å². The summed E-state index contributed by atoms with van der Waals surface area (Å²) in [4.78, 5) is 28.2. The second-order valence-corrected chi connectivity index (χ2v) is 9.68. The first-order valence-electron chi connectivity index (χ1n) is 8.44. The van der Waals surface area contributed by atoms with E-state index in [2.05, 4.69) is 5.32 Å². The van der Waals surface area contributed by atoms with E-state index >= 15 is 0 Å². The summed E-state index contributed by atoms with van der Waals surface area (Å²) in [6.45, 7) is 8.59. The van der Waals surface area contributed by atoms with E-state index in [1.807, 2.05) is 33.8 Å². The van der Waals surface area contributed by atoms with Crippen molar-refractivity contribution in [3.63, 3.8) is 0 Å². The summed E-state index contributed by atoms with van der Waals surface area (Å²) in [5.41, 5.74) is 0.630. The van der Waals surface area contributed by atoms with Crippen LogP contribution in [-0.2, 0) is 4.79 Å². The van der Waals surface area contributed by atoms with Gasteiger partial charge in [0, 0.05) is 25.7 Å². The number of carbonyl (C=O) groups excluding carboxylic acids is 2. The number of nitrogens with zero attached hydrogens (tertiary/aromatic N) is 2. The van der Waals surface area contributed by atoms with Crippen LogP contribution in [0.1, 0.15) is 38.6 Å².